The highest BCUT2D eigenvalue weighted by Crippen LogP contribution is 2.02. The number of rotatable bonds is 6. The molecule has 7 heteroatoms. The fourth-order valence-electron chi connectivity index (χ4n) is 1.67. The number of amides is 2. The number of ether oxygens (including phenoxy) is 1. The monoisotopic (exact) mass is 308 g/mol. The minimum atomic E-state index is -1.12. The largest absolute Gasteiger partial charge is 0.480 e. The lowest BCUT2D eigenvalue weighted by Crippen LogP contribution is -2.50. The quantitative estimate of drug-likeness (QED) is 0.824. The topological polar surface area (TPSA) is 95.9 Å². The zero-order valence-electron chi connectivity index (χ0n) is 12.8. The molecule has 7 nitrogen and oxygen atoms in total. The van der Waals surface area contributed by atoms with Gasteiger partial charge in [-0.1, -0.05) is 30.3 Å². The van der Waals surface area contributed by atoms with Crippen LogP contribution in [0.1, 0.15) is 19.4 Å². The minimum absolute atomic E-state index is 0.0922. The van der Waals surface area contributed by atoms with Crippen LogP contribution in [0.2, 0.25) is 0 Å². The molecule has 2 amide bonds. The van der Waals surface area contributed by atoms with Gasteiger partial charge in [-0.25, -0.2) is 9.59 Å². The molecule has 2 N–H and O–H groups in total. The summed E-state index contributed by atoms with van der Waals surface area (Å²) >= 11 is 0. The number of hydrogen-bond donors (Lipinski definition) is 2. The van der Waals surface area contributed by atoms with E-state index in [9.17, 15) is 14.4 Å². The van der Waals surface area contributed by atoms with E-state index in [-0.39, 0.29) is 6.61 Å². The Kier molecular flexibility index (Phi) is 6.37. The first-order valence-electron chi connectivity index (χ1n) is 6.79. The summed E-state index contributed by atoms with van der Waals surface area (Å²) in [4.78, 5) is 35.5. The summed E-state index contributed by atoms with van der Waals surface area (Å²) in [7, 11) is 1.37. The summed E-state index contributed by atoms with van der Waals surface area (Å²) in [6.07, 6.45) is -0.735. The Labute approximate surface area is 128 Å². The van der Waals surface area contributed by atoms with Gasteiger partial charge in [0.05, 0.1) is 0 Å². The molecule has 0 radical (unpaired) electrons. The standard InChI is InChI=1S/C15H20N2O5/c1-10(13(18)17(3)11(2)14(19)20)16-15(21)22-9-12-7-5-4-6-8-12/h4-8,10-11H,9H2,1-3H3,(H,16,21)(H,19,20)/t10-,11-/m0/s1. The van der Waals surface area contributed by atoms with Crippen LogP contribution in [0.15, 0.2) is 30.3 Å². The van der Waals surface area contributed by atoms with E-state index in [2.05, 4.69) is 5.32 Å². The Balaban J connectivity index is 2.46. The van der Waals surface area contributed by atoms with Crippen LogP contribution in [0, 0.1) is 0 Å². The summed E-state index contributed by atoms with van der Waals surface area (Å²) < 4.78 is 5.00. The molecule has 22 heavy (non-hydrogen) atoms. The van der Waals surface area contributed by atoms with Crippen LogP contribution >= 0.6 is 0 Å². The maximum absolute atomic E-state index is 12.0. The van der Waals surface area contributed by atoms with Gasteiger partial charge < -0.3 is 20.1 Å². The van der Waals surface area contributed by atoms with Crippen molar-refractivity contribution in [3.05, 3.63) is 35.9 Å². The third-order valence-corrected chi connectivity index (χ3v) is 3.20. The molecular weight excluding hydrogens is 288 g/mol. The van der Waals surface area contributed by atoms with Gasteiger partial charge in [0, 0.05) is 7.05 Å². The number of likely N-dealkylation sites (N-methyl/N-ethyl adjacent to an activating group) is 1. The first-order valence-corrected chi connectivity index (χ1v) is 6.79. The number of benzene rings is 1. The highest BCUT2D eigenvalue weighted by Gasteiger charge is 2.26. The van der Waals surface area contributed by atoms with Crippen molar-refractivity contribution >= 4 is 18.0 Å². The smallest absolute Gasteiger partial charge is 0.408 e. The van der Waals surface area contributed by atoms with Gasteiger partial charge in [0.15, 0.2) is 0 Å². The predicted molar refractivity (Wildman–Crippen MR) is 79.1 cm³/mol. The van der Waals surface area contributed by atoms with Crippen molar-refractivity contribution in [1.29, 1.82) is 0 Å². The zero-order chi connectivity index (χ0) is 16.7. The Hall–Kier alpha value is -2.57. The van der Waals surface area contributed by atoms with Crippen LogP contribution < -0.4 is 5.32 Å². The lowest BCUT2D eigenvalue weighted by atomic mass is 10.2. The lowest BCUT2D eigenvalue weighted by Gasteiger charge is -2.25. The number of nitrogens with zero attached hydrogens (tertiary/aromatic N) is 1. The predicted octanol–water partition coefficient (Wildman–Crippen LogP) is 1.23. The van der Waals surface area contributed by atoms with E-state index in [1.807, 2.05) is 30.3 Å². The van der Waals surface area contributed by atoms with Crippen molar-refractivity contribution in [3.63, 3.8) is 0 Å². The number of hydrogen-bond acceptors (Lipinski definition) is 4. The molecule has 2 atom stereocenters. The van der Waals surface area contributed by atoms with Gasteiger partial charge in [0.2, 0.25) is 5.91 Å². The molecule has 1 aromatic carbocycles. The molecule has 0 heterocycles. The second-order valence-corrected chi connectivity index (χ2v) is 4.89. The molecule has 1 aromatic rings. The first-order chi connectivity index (χ1) is 10.3. The summed E-state index contributed by atoms with van der Waals surface area (Å²) in [5, 5.41) is 11.2. The molecule has 0 aromatic heterocycles. The number of nitrogens with one attached hydrogen (secondary N) is 1. The molecule has 0 aliphatic rings. The van der Waals surface area contributed by atoms with E-state index in [4.69, 9.17) is 9.84 Å². The molecule has 0 spiro atoms. The summed E-state index contributed by atoms with van der Waals surface area (Å²) in [5.41, 5.74) is 0.827. The fourth-order valence-corrected chi connectivity index (χ4v) is 1.67. The van der Waals surface area contributed by atoms with Crippen molar-refractivity contribution in [2.75, 3.05) is 7.05 Å². The van der Waals surface area contributed by atoms with Gasteiger partial charge in [-0.15, -0.1) is 0 Å². The molecule has 120 valence electrons. The number of carboxylic acid groups (broad SMARTS) is 1. The van der Waals surface area contributed by atoms with E-state index in [0.29, 0.717) is 0 Å². The molecule has 0 saturated carbocycles. The molecule has 0 unspecified atom stereocenters. The third kappa shape index (κ3) is 5.08. The summed E-state index contributed by atoms with van der Waals surface area (Å²) in [5.74, 6) is -1.62. The maximum atomic E-state index is 12.0. The van der Waals surface area contributed by atoms with E-state index in [1.54, 1.807) is 0 Å². The summed E-state index contributed by atoms with van der Waals surface area (Å²) in [6, 6.07) is 7.26. The Morgan fingerprint density at radius 1 is 1.23 bits per heavy atom. The Morgan fingerprint density at radius 3 is 2.36 bits per heavy atom. The van der Waals surface area contributed by atoms with Crippen molar-refractivity contribution in [2.24, 2.45) is 0 Å². The number of aliphatic carboxylic acids is 1. The van der Waals surface area contributed by atoms with E-state index in [1.165, 1.54) is 20.9 Å². The Morgan fingerprint density at radius 2 is 1.82 bits per heavy atom. The van der Waals surface area contributed by atoms with Crippen LogP contribution in [0.4, 0.5) is 4.79 Å². The van der Waals surface area contributed by atoms with E-state index < -0.39 is 30.1 Å². The fraction of sp³-hybridized carbons (Fsp3) is 0.400. The van der Waals surface area contributed by atoms with Gasteiger partial charge in [-0.3, -0.25) is 4.79 Å². The summed E-state index contributed by atoms with van der Waals surface area (Å²) in [6.45, 7) is 2.95. The second-order valence-electron chi connectivity index (χ2n) is 4.89. The van der Waals surface area contributed by atoms with Crippen LogP contribution in [0.25, 0.3) is 0 Å². The zero-order valence-corrected chi connectivity index (χ0v) is 12.8. The van der Waals surface area contributed by atoms with Crippen molar-refractivity contribution in [1.82, 2.24) is 10.2 Å². The highest BCUT2D eigenvalue weighted by molar-refractivity contribution is 5.88. The molecular formula is C15H20N2O5. The molecule has 0 aliphatic carbocycles. The van der Waals surface area contributed by atoms with E-state index in [0.717, 1.165) is 10.5 Å². The van der Waals surface area contributed by atoms with Crippen molar-refractivity contribution < 1.29 is 24.2 Å². The molecule has 0 fully saturated rings. The van der Waals surface area contributed by atoms with Crippen molar-refractivity contribution in [3.8, 4) is 0 Å². The third-order valence-electron chi connectivity index (χ3n) is 3.20. The average Bonchev–Trinajstić information content (AvgIpc) is 2.51. The average molecular weight is 308 g/mol. The van der Waals surface area contributed by atoms with Gasteiger partial charge >= 0.3 is 12.1 Å². The van der Waals surface area contributed by atoms with Gasteiger partial charge in [-0.05, 0) is 19.4 Å². The van der Waals surface area contributed by atoms with Gasteiger partial charge in [0.25, 0.3) is 0 Å². The first kappa shape index (κ1) is 17.5. The second kappa shape index (κ2) is 8.02. The van der Waals surface area contributed by atoms with Gasteiger partial charge in [0.1, 0.15) is 18.7 Å². The molecule has 0 saturated heterocycles. The number of carbonyl (C=O) groups excluding carboxylic acids is 2. The number of carboxylic acids is 1. The SMILES string of the molecule is C[C@H](NC(=O)OCc1ccccc1)C(=O)N(C)[C@@H](C)C(=O)O. The van der Waals surface area contributed by atoms with E-state index >= 15 is 0 Å². The van der Waals surface area contributed by atoms with Crippen LogP contribution in [-0.2, 0) is 20.9 Å². The highest BCUT2D eigenvalue weighted by atomic mass is 16.5. The number of carbonyl (C=O) groups is 3. The number of alkyl carbamates (subject to hydrolysis) is 1. The van der Waals surface area contributed by atoms with Crippen LogP contribution in [0.3, 0.4) is 0 Å². The lowest BCUT2D eigenvalue weighted by molar-refractivity contribution is -0.148. The van der Waals surface area contributed by atoms with Crippen LogP contribution in [-0.4, -0.2) is 47.1 Å². The Bertz CT molecular complexity index is 532. The molecule has 0 aliphatic heterocycles. The normalized spacial score (nSPS) is 12.9. The van der Waals surface area contributed by atoms with Crippen LogP contribution in [0.5, 0.6) is 0 Å². The molecule has 1 rings (SSSR count). The molecule has 0 bridgehead atoms. The minimum Gasteiger partial charge on any atom is -0.480 e. The van der Waals surface area contributed by atoms with Crippen molar-refractivity contribution in [2.45, 2.75) is 32.5 Å². The van der Waals surface area contributed by atoms with Gasteiger partial charge in [-0.2, -0.15) is 0 Å². The maximum Gasteiger partial charge on any atom is 0.408 e.